The molecule has 0 unspecified atom stereocenters. The fraction of sp³-hybridized carbons (Fsp3) is 0.261. The molecule has 0 spiro atoms. The monoisotopic (exact) mass is 365 g/mol. The van der Waals surface area contributed by atoms with Crippen molar-refractivity contribution >= 4 is 16.7 Å². The zero-order valence-corrected chi connectivity index (χ0v) is 16.4. The third-order valence-electron chi connectivity index (χ3n) is 4.76. The molecule has 2 aromatic carbocycles. The van der Waals surface area contributed by atoms with Gasteiger partial charge in [0.1, 0.15) is 17.3 Å². The Morgan fingerprint density at radius 3 is 2.59 bits per heavy atom. The first-order valence-corrected chi connectivity index (χ1v) is 9.05. The summed E-state index contributed by atoms with van der Waals surface area (Å²) in [4.78, 5) is 4.70. The highest BCUT2D eigenvalue weighted by molar-refractivity contribution is 5.99. The van der Waals surface area contributed by atoms with Crippen LogP contribution in [-0.2, 0) is 4.74 Å². The van der Waals surface area contributed by atoms with Crippen LogP contribution >= 0.6 is 0 Å². The summed E-state index contributed by atoms with van der Waals surface area (Å²) in [5.41, 5.74) is 4.82. The molecule has 0 fully saturated rings. The number of pyridine rings is 1. The van der Waals surface area contributed by atoms with Gasteiger partial charge in [-0.2, -0.15) is 0 Å². The van der Waals surface area contributed by atoms with Crippen molar-refractivity contribution in [1.82, 2.24) is 4.98 Å². The maximum atomic E-state index is 14.9. The highest BCUT2D eigenvalue weighted by Gasteiger charge is 2.19. The van der Waals surface area contributed by atoms with Crippen LogP contribution in [0.25, 0.3) is 27.8 Å². The zero-order chi connectivity index (χ0) is 19.6. The van der Waals surface area contributed by atoms with E-state index in [0.717, 1.165) is 39.0 Å². The van der Waals surface area contributed by atoms with Gasteiger partial charge < -0.3 is 9.47 Å². The Bertz CT molecular complexity index is 1020. The summed E-state index contributed by atoms with van der Waals surface area (Å²) in [6.45, 7) is 8.38. The van der Waals surface area contributed by atoms with Crippen molar-refractivity contribution in [2.75, 3.05) is 13.7 Å². The van der Waals surface area contributed by atoms with E-state index in [1.54, 1.807) is 19.2 Å². The van der Waals surface area contributed by atoms with Crippen LogP contribution in [0, 0.1) is 19.7 Å². The molecule has 4 heteroatoms. The number of allylic oxidation sites excluding steroid dienone is 1. The Balaban J connectivity index is 2.39. The Morgan fingerprint density at radius 1 is 1.15 bits per heavy atom. The fourth-order valence-corrected chi connectivity index (χ4v) is 3.36. The van der Waals surface area contributed by atoms with Crippen LogP contribution in [0.4, 0.5) is 4.39 Å². The molecular formula is C23H24FNO2. The van der Waals surface area contributed by atoms with Gasteiger partial charge in [0.05, 0.1) is 24.8 Å². The Kier molecular flexibility index (Phi) is 5.45. The third kappa shape index (κ3) is 3.39. The SMILES string of the molecule is CC=C(OCC)c1ccc2nc(C)c(C)c(-c3c(F)cccc3OC)c2c1. The summed E-state index contributed by atoms with van der Waals surface area (Å²) in [6, 6.07) is 10.8. The summed E-state index contributed by atoms with van der Waals surface area (Å²) in [6.07, 6.45) is 1.93. The number of methoxy groups -OCH3 is 1. The largest absolute Gasteiger partial charge is 0.496 e. The molecule has 0 saturated heterocycles. The van der Waals surface area contributed by atoms with Gasteiger partial charge >= 0.3 is 0 Å². The highest BCUT2D eigenvalue weighted by atomic mass is 19.1. The van der Waals surface area contributed by atoms with Crippen LogP contribution in [0.15, 0.2) is 42.5 Å². The summed E-state index contributed by atoms with van der Waals surface area (Å²) in [5, 5.41) is 0.873. The minimum Gasteiger partial charge on any atom is -0.496 e. The Hall–Kier alpha value is -2.88. The molecule has 0 N–H and O–H groups in total. The van der Waals surface area contributed by atoms with Crippen LogP contribution < -0.4 is 4.74 Å². The molecule has 0 aliphatic rings. The first-order valence-electron chi connectivity index (χ1n) is 9.05. The lowest BCUT2D eigenvalue weighted by Gasteiger charge is -2.17. The topological polar surface area (TPSA) is 31.4 Å². The molecule has 27 heavy (non-hydrogen) atoms. The number of benzene rings is 2. The third-order valence-corrected chi connectivity index (χ3v) is 4.76. The van der Waals surface area contributed by atoms with E-state index >= 15 is 0 Å². The van der Waals surface area contributed by atoms with E-state index in [4.69, 9.17) is 14.5 Å². The number of nitrogens with zero attached hydrogens (tertiary/aromatic N) is 1. The predicted octanol–water partition coefficient (Wildman–Crippen LogP) is 6.06. The van der Waals surface area contributed by atoms with E-state index in [9.17, 15) is 4.39 Å². The minimum absolute atomic E-state index is 0.314. The molecule has 0 atom stereocenters. The lowest BCUT2D eigenvalue weighted by molar-refractivity contribution is 0.297. The number of ether oxygens (including phenoxy) is 2. The van der Waals surface area contributed by atoms with Crippen molar-refractivity contribution in [2.45, 2.75) is 27.7 Å². The van der Waals surface area contributed by atoms with E-state index in [2.05, 4.69) is 0 Å². The van der Waals surface area contributed by atoms with Gasteiger partial charge in [0.2, 0.25) is 0 Å². The normalized spacial score (nSPS) is 11.7. The van der Waals surface area contributed by atoms with Gasteiger partial charge in [-0.15, -0.1) is 0 Å². The molecule has 0 aliphatic carbocycles. The van der Waals surface area contributed by atoms with E-state index in [1.807, 2.05) is 52.0 Å². The van der Waals surface area contributed by atoms with E-state index in [1.165, 1.54) is 6.07 Å². The van der Waals surface area contributed by atoms with E-state index in [0.29, 0.717) is 17.9 Å². The zero-order valence-electron chi connectivity index (χ0n) is 16.4. The van der Waals surface area contributed by atoms with Gasteiger partial charge in [0.15, 0.2) is 0 Å². The van der Waals surface area contributed by atoms with E-state index < -0.39 is 0 Å². The van der Waals surface area contributed by atoms with Crippen molar-refractivity contribution < 1.29 is 13.9 Å². The lowest BCUT2D eigenvalue weighted by Crippen LogP contribution is -2.00. The van der Waals surface area contributed by atoms with Crippen molar-refractivity contribution in [1.29, 1.82) is 0 Å². The van der Waals surface area contributed by atoms with E-state index in [-0.39, 0.29) is 5.82 Å². The quantitative estimate of drug-likeness (QED) is 0.515. The first-order chi connectivity index (χ1) is 13.0. The molecular weight excluding hydrogens is 341 g/mol. The molecule has 1 aromatic heterocycles. The molecule has 0 aliphatic heterocycles. The summed E-state index contributed by atoms with van der Waals surface area (Å²) in [5.74, 6) is 0.987. The van der Waals surface area contributed by atoms with Crippen molar-refractivity contribution in [3.8, 4) is 16.9 Å². The van der Waals surface area contributed by atoms with Gasteiger partial charge in [0.25, 0.3) is 0 Å². The Labute approximate surface area is 159 Å². The number of fused-ring (bicyclic) bond motifs is 1. The second-order valence-corrected chi connectivity index (χ2v) is 6.33. The van der Waals surface area contributed by atoms with Gasteiger partial charge in [-0.3, -0.25) is 4.98 Å². The maximum Gasteiger partial charge on any atom is 0.134 e. The smallest absolute Gasteiger partial charge is 0.134 e. The van der Waals surface area contributed by atoms with Gasteiger partial charge in [-0.1, -0.05) is 6.07 Å². The summed E-state index contributed by atoms with van der Waals surface area (Å²) < 4.78 is 26.1. The fourth-order valence-electron chi connectivity index (χ4n) is 3.36. The number of rotatable bonds is 5. The standard InChI is InChI=1S/C23H24FNO2/c1-6-20(27-7-2)16-11-12-19-17(13-16)22(14(3)15(4)25-19)23-18(24)9-8-10-21(23)26-5/h6,8-13H,7H2,1-5H3. The first kappa shape index (κ1) is 18.9. The minimum atomic E-state index is -0.314. The molecule has 1 heterocycles. The lowest BCUT2D eigenvalue weighted by atomic mass is 9.93. The number of aromatic nitrogens is 1. The van der Waals surface area contributed by atoms with Crippen molar-refractivity contribution in [3.05, 3.63) is 65.1 Å². The average Bonchev–Trinajstić information content (AvgIpc) is 2.67. The molecule has 0 radical (unpaired) electrons. The van der Waals surface area contributed by atoms with Gasteiger partial charge in [0, 0.05) is 22.2 Å². The average molecular weight is 365 g/mol. The molecule has 0 amide bonds. The summed E-state index contributed by atoms with van der Waals surface area (Å²) in [7, 11) is 1.56. The second-order valence-electron chi connectivity index (χ2n) is 6.33. The number of aryl methyl sites for hydroxylation is 1. The maximum absolute atomic E-state index is 14.9. The van der Waals surface area contributed by atoms with Crippen LogP contribution in [0.2, 0.25) is 0 Å². The van der Waals surface area contributed by atoms with Crippen molar-refractivity contribution in [2.24, 2.45) is 0 Å². The number of halogens is 1. The number of hydrogen-bond donors (Lipinski definition) is 0. The molecule has 3 nitrogen and oxygen atoms in total. The molecule has 3 aromatic rings. The van der Waals surface area contributed by atoms with Gasteiger partial charge in [-0.25, -0.2) is 4.39 Å². The van der Waals surface area contributed by atoms with Gasteiger partial charge in [-0.05, 0) is 69.7 Å². The summed E-state index contributed by atoms with van der Waals surface area (Å²) >= 11 is 0. The van der Waals surface area contributed by atoms with Crippen LogP contribution in [0.1, 0.15) is 30.7 Å². The Morgan fingerprint density at radius 2 is 1.93 bits per heavy atom. The van der Waals surface area contributed by atoms with Crippen molar-refractivity contribution in [3.63, 3.8) is 0 Å². The highest BCUT2D eigenvalue weighted by Crippen LogP contribution is 2.40. The molecule has 0 saturated carbocycles. The van der Waals surface area contributed by atoms with Crippen LogP contribution in [0.3, 0.4) is 0 Å². The molecule has 0 bridgehead atoms. The van der Waals surface area contributed by atoms with Crippen LogP contribution in [-0.4, -0.2) is 18.7 Å². The van der Waals surface area contributed by atoms with Crippen LogP contribution in [0.5, 0.6) is 5.75 Å². The molecule has 140 valence electrons. The number of hydrogen-bond acceptors (Lipinski definition) is 3. The molecule has 3 rings (SSSR count). The predicted molar refractivity (Wildman–Crippen MR) is 108 cm³/mol. The second kappa shape index (κ2) is 7.78.